The van der Waals surface area contributed by atoms with Crippen LogP contribution in [-0.2, 0) is 14.3 Å². The molecular formula is C56H105NO5. The molecule has 0 aliphatic carbocycles. The second kappa shape index (κ2) is 50.1. The summed E-state index contributed by atoms with van der Waals surface area (Å²) in [6.07, 6.45) is 59.2. The number of carbonyl (C=O) groups excluding carboxylic acids is 2. The van der Waals surface area contributed by atoms with Crippen molar-refractivity contribution in [3.8, 4) is 0 Å². The van der Waals surface area contributed by atoms with Gasteiger partial charge in [-0.15, -0.1) is 0 Å². The second-order valence-corrected chi connectivity index (χ2v) is 18.7. The van der Waals surface area contributed by atoms with Crippen molar-refractivity contribution in [1.82, 2.24) is 5.32 Å². The molecule has 62 heavy (non-hydrogen) atoms. The molecular weight excluding hydrogens is 767 g/mol. The molecule has 6 heteroatoms. The third kappa shape index (κ3) is 44.7. The minimum Gasteiger partial charge on any atom is -0.462 e. The number of amides is 1. The van der Waals surface area contributed by atoms with Crippen molar-refractivity contribution in [2.24, 2.45) is 0 Å². The van der Waals surface area contributed by atoms with Gasteiger partial charge in [0.2, 0.25) is 5.91 Å². The van der Waals surface area contributed by atoms with Gasteiger partial charge in [-0.3, -0.25) is 9.59 Å². The van der Waals surface area contributed by atoms with Crippen molar-refractivity contribution >= 4 is 11.9 Å². The number of aliphatic hydroxyl groups is 2. The Morgan fingerprint density at radius 2 is 0.823 bits per heavy atom. The molecule has 0 saturated heterocycles. The van der Waals surface area contributed by atoms with Crippen LogP contribution in [0.25, 0.3) is 0 Å². The van der Waals surface area contributed by atoms with E-state index in [9.17, 15) is 19.8 Å². The monoisotopic (exact) mass is 872 g/mol. The van der Waals surface area contributed by atoms with Crippen molar-refractivity contribution in [3.63, 3.8) is 0 Å². The van der Waals surface area contributed by atoms with Gasteiger partial charge < -0.3 is 20.3 Å². The molecule has 6 nitrogen and oxygen atoms in total. The van der Waals surface area contributed by atoms with Gasteiger partial charge in [-0.1, -0.05) is 231 Å². The first-order chi connectivity index (χ1) is 30.5. The summed E-state index contributed by atoms with van der Waals surface area (Å²) in [7, 11) is 0. The van der Waals surface area contributed by atoms with Crippen LogP contribution in [0.15, 0.2) is 36.5 Å². The fourth-order valence-electron chi connectivity index (χ4n) is 8.30. The molecule has 1 amide bonds. The van der Waals surface area contributed by atoms with Crippen LogP contribution in [0.4, 0.5) is 0 Å². The summed E-state index contributed by atoms with van der Waals surface area (Å²) in [5, 5.41) is 23.8. The summed E-state index contributed by atoms with van der Waals surface area (Å²) in [6.45, 7) is 6.48. The highest BCUT2D eigenvalue weighted by Gasteiger charge is 2.24. The highest BCUT2D eigenvalue weighted by atomic mass is 16.5. The Hall–Kier alpha value is -1.92. The van der Waals surface area contributed by atoms with Gasteiger partial charge in [0.15, 0.2) is 0 Å². The first kappa shape index (κ1) is 60.1. The molecule has 0 heterocycles. The number of unbranched alkanes of at least 4 members (excludes halogenated alkanes) is 32. The van der Waals surface area contributed by atoms with E-state index >= 15 is 0 Å². The summed E-state index contributed by atoms with van der Waals surface area (Å²) < 4.78 is 5.93. The molecule has 3 N–H and O–H groups in total. The quantitative estimate of drug-likeness (QED) is 0.0245. The predicted octanol–water partition coefficient (Wildman–Crippen LogP) is 16.5. The van der Waals surface area contributed by atoms with Crippen molar-refractivity contribution in [2.75, 3.05) is 6.61 Å². The molecule has 0 bridgehead atoms. The molecule has 0 aromatic carbocycles. The van der Waals surface area contributed by atoms with Gasteiger partial charge in [-0.2, -0.15) is 0 Å². The van der Waals surface area contributed by atoms with Crippen molar-refractivity contribution in [3.05, 3.63) is 36.5 Å². The zero-order valence-corrected chi connectivity index (χ0v) is 41.5. The molecule has 0 fully saturated rings. The second-order valence-electron chi connectivity index (χ2n) is 18.7. The van der Waals surface area contributed by atoms with Crippen LogP contribution in [0.3, 0.4) is 0 Å². The van der Waals surface area contributed by atoms with E-state index in [1.54, 1.807) is 0 Å². The van der Waals surface area contributed by atoms with Crippen LogP contribution in [0.1, 0.15) is 284 Å². The van der Waals surface area contributed by atoms with Crippen molar-refractivity contribution in [1.29, 1.82) is 0 Å². The van der Waals surface area contributed by atoms with E-state index in [1.807, 2.05) is 0 Å². The number of nitrogens with one attached hydrogen (secondary N) is 1. The minimum absolute atomic E-state index is 0.0588. The number of ether oxygens (including phenoxy) is 1. The first-order valence-corrected chi connectivity index (χ1v) is 27.2. The number of hydrogen-bond donors (Lipinski definition) is 3. The summed E-state index contributed by atoms with van der Waals surface area (Å²) in [6, 6.07) is -0.710. The molecule has 0 aromatic heterocycles. The van der Waals surface area contributed by atoms with E-state index in [4.69, 9.17) is 4.74 Å². The summed E-state index contributed by atoms with van der Waals surface area (Å²) in [5.74, 6) is -0.510. The topological polar surface area (TPSA) is 95.9 Å². The minimum atomic E-state index is -0.794. The van der Waals surface area contributed by atoms with Gasteiger partial charge in [0.1, 0.15) is 6.10 Å². The Balaban J connectivity index is 4.62. The number of carbonyl (C=O) groups is 2. The largest absolute Gasteiger partial charge is 0.462 e. The van der Waals surface area contributed by atoms with Crippen LogP contribution in [0, 0.1) is 0 Å². The van der Waals surface area contributed by atoms with Gasteiger partial charge in [-0.05, 0) is 77.0 Å². The molecule has 0 rings (SSSR count). The maximum Gasteiger partial charge on any atom is 0.306 e. The molecule has 0 saturated carbocycles. The van der Waals surface area contributed by atoms with Crippen LogP contribution >= 0.6 is 0 Å². The smallest absolute Gasteiger partial charge is 0.306 e. The maximum atomic E-state index is 13.2. The van der Waals surface area contributed by atoms with Gasteiger partial charge in [-0.25, -0.2) is 0 Å². The standard InChI is InChI=1S/C56H105NO5/c1-4-7-10-13-16-19-22-25-27-28-31-34-37-40-43-46-49-56(61)62-52(47-44-41-38-35-32-30-26-23-20-17-14-11-8-5-2)50-55(60)57-53(51-58)54(59)48-45-42-39-36-33-29-24-21-18-15-12-9-6-3/h27-28,30-32,34,52-54,58-59H,4-26,29,33,35-51H2,1-3H3,(H,57,60)/b28-27+,32-30+,34-31+. The third-order valence-corrected chi connectivity index (χ3v) is 12.5. The van der Waals surface area contributed by atoms with Crippen molar-refractivity contribution in [2.45, 2.75) is 302 Å². The SMILES string of the molecule is CCCCCCCCC/C=C/C=C/CCCCCC(=O)OC(CCCCC/C=C/CCCCCCCCC)CC(=O)NC(CO)C(O)CCCCCCCCCCCCCCC. The molecule has 0 aromatic rings. The number of aliphatic hydroxyl groups excluding tert-OH is 2. The predicted molar refractivity (Wildman–Crippen MR) is 269 cm³/mol. The van der Waals surface area contributed by atoms with Crippen LogP contribution in [0.5, 0.6) is 0 Å². The van der Waals surface area contributed by atoms with E-state index in [0.717, 1.165) is 83.5 Å². The number of hydrogen-bond acceptors (Lipinski definition) is 5. The fourth-order valence-corrected chi connectivity index (χ4v) is 8.30. The van der Waals surface area contributed by atoms with Gasteiger partial charge >= 0.3 is 5.97 Å². The zero-order valence-electron chi connectivity index (χ0n) is 41.5. The Morgan fingerprint density at radius 3 is 1.26 bits per heavy atom. The Labute approximate surface area is 385 Å². The fraction of sp³-hybridized carbons (Fsp3) is 0.857. The molecule has 3 unspecified atom stereocenters. The number of rotatable bonds is 49. The van der Waals surface area contributed by atoms with Gasteiger partial charge in [0.05, 0.1) is 25.2 Å². The lowest BCUT2D eigenvalue weighted by Gasteiger charge is -2.24. The molecule has 0 aliphatic rings. The Bertz CT molecular complexity index is 1020. The van der Waals surface area contributed by atoms with E-state index in [1.165, 1.54) is 154 Å². The summed E-state index contributed by atoms with van der Waals surface area (Å²) in [4.78, 5) is 26.2. The van der Waals surface area contributed by atoms with E-state index < -0.39 is 18.2 Å². The average molecular weight is 872 g/mol. The summed E-state index contributed by atoms with van der Waals surface area (Å²) >= 11 is 0. The molecule has 0 aliphatic heterocycles. The van der Waals surface area contributed by atoms with E-state index in [0.29, 0.717) is 19.3 Å². The zero-order chi connectivity index (χ0) is 45.2. The van der Waals surface area contributed by atoms with Gasteiger partial charge in [0, 0.05) is 6.42 Å². The average Bonchev–Trinajstić information content (AvgIpc) is 3.26. The number of allylic oxidation sites excluding steroid dienone is 6. The Kier molecular flexibility index (Phi) is 48.5. The number of esters is 1. The third-order valence-electron chi connectivity index (χ3n) is 12.5. The lowest BCUT2D eigenvalue weighted by molar-refractivity contribution is -0.151. The molecule has 0 radical (unpaired) electrons. The lowest BCUT2D eigenvalue weighted by Crippen LogP contribution is -2.46. The molecule has 3 atom stereocenters. The molecule has 0 spiro atoms. The van der Waals surface area contributed by atoms with Crippen molar-refractivity contribution < 1.29 is 24.5 Å². The normalized spacial score (nSPS) is 13.4. The van der Waals surface area contributed by atoms with E-state index in [2.05, 4.69) is 62.5 Å². The van der Waals surface area contributed by atoms with Crippen LogP contribution in [0.2, 0.25) is 0 Å². The Morgan fingerprint density at radius 1 is 0.468 bits per heavy atom. The van der Waals surface area contributed by atoms with Gasteiger partial charge in [0.25, 0.3) is 0 Å². The lowest BCUT2D eigenvalue weighted by atomic mass is 10.0. The highest BCUT2D eigenvalue weighted by Crippen LogP contribution is 2.18. The van der Waals surface area contributed by atoms with Crippen LogP contribution < -0.4 is 5.32 Å². The highest BCUT2D eigenvalue weighted by molar-refractivity contribution is 5.77. The first-order valence-electron chi connectivity index (χ1n) is 27.2. The van der Waals surface area contributed by atoms with E-state index in [-0.39, 0.29) is 24.9 Å². The van der Waals surface area contributed by atoms with Crippen LogP contribution in [-0.4, -0.2) is 46.9 Å². The molecule has 364 valence electrons. The maximum absolute atomic E-state index is 13.2. The summed E-state index contributed by atoms with van der Waals surface area (Å²) in [5.41, 5.74) is 0.